The molecule has 4 heteroatoms. The fourth-order valence-electron chi connectivity index (χ4n) is 1.39. The average Bonchev–Trinajstić information content (AvgIpc) is 2.73. The third-order valence-corrected chi connectivity index (χ3v) is 2.07. The van der Waals surface area contributed by atoms with Crippen molar-refractivity contribution >= 4 is 11.6 Å². The highest BCUT2D eigenvalue weighted by Gasteiger charge is 2.07. The number of rotatable bonds is 3. The summed E-state index contributed by atoms with van der Waals surface area (Å²) in [5.74, 6) is -0.126. The maximum absolute atomic E-state index is 11.7. The number of hydrogen-bond acceptors (Lipinski definition) is 2. The lowest BCUT2D eigenvalue weighted by atomic mass is 10.3. The summed E-state index contributed by atoms with van der Waals surface area (Å²) in [6, 6.07) is 5.42. The second-order valence-electron chi connectivity index (χ2n) is 3.07. The summed E-state index contributed by atoms with van der Waals surface area (Å²) < 4.78 is 1.75. The zero-order valence-electron chi connectivity index (χ0n) is 8.18. The molecule has 0 spiro atoms. The van der Waals surface area contributed by atoms with E-state index in [2.05, 4.69) is 16.9 Å². The van der Waals surface area contributed by atoms with E-state index in [0.29, 0.717) is 12.2 Å². The lowest BCUT2D eigenvalue weighted by Gasteiger charge is -2.04. The highest BCUT2D eigenvalue weighted by Crippen LogP contribution is 2.05. The van der Waals surface area contributed by atoms with E-state index in [1.54, 1.807) is 28.9 Å². The summed E-state index contributed by atoms with van der Waals surface area (Å²) in [4.78, 5) is 15.8. The molecule has 0 fully saturated rings. The minimum Gasteiger partial charge on any atom is -0.347 e. The smallest absolute Gasteiger partial charge is 0.268 e. The predicted octanol–water partition coefficient (Wildman–Crippen LogP) is 1.25. The molecule has 0 saturated heterocycles. The fourth-order valence-corrected chi connectivity index (χ4v) is 1.39. The van der Waals surface area contributed by atoms with E-state index in [0.717, 1.165) is 5.65 Å². The van der Waals surface area contributed by atoms with Gasteiger partial charge in [-0.2, -0.15) is 0 Å². The normalized spacial score (nSPS) is 10.1. The van der Waals surface area contributed by atoms with E-state index in [9.17, 15) is 4.79 Å². The Morgan fingerprint density at radius 3 is 3.27 bits per heavy atom. The summed E-state index contributed by atoms with van der Waals surface area (Å²) in [5.41, 5.74) is 1.34. The van der Waals surface area contributed by atoms with Crippen LogP contribution in [-0.2, 0) is 0 Å². The number of carbonyl (C=O) groups excluding carboxylic acids is 1. The Morgan fingerprint density at radius 1 is 1.60 bits per heavy atom. The largest absolute Gasteiger partial charge is 0.347 e. The van der Waals surface area contributed by atoms with Crippen molar-refractivity contribution in [2.45, 2.75) is 0 Å². The molecule has 1 N–H and O–H groups in total. The molecule has 2 aromatic heterocycles. The van der Waals surface area contributed by atoms with Crippen molar-refractivity contribution in [3.63, 3.8) is 0 Å². The Labute approximate surface area is 87.3 Å². The van der Waals surface area contributed by atoms with Gasteiger partial charge in [0.15, 0.2) is 0 Å². The van der Waals surface area contributed by atoms with Crippen LogP contribution in [0.5, 0.6) is 0 Å². The number of aromatic nitrogens is 2. The van der Waals surface area contributed by atoms with Crippen LogP contribution in [0, 0.1) is 0 Å². The Balaban J connectivity index is 2.38. The van der Waals surface area contributed by atoms with Crippen molar-refractivity contribution in [2.24, 2.45) is 0 Å². The second kappa shape index (κ2) is 3.96. The third kappa shape index (κ3) is 1.74. The highest BCUT2D eigenvalue weighted by atomic mass is 16.1. The molecule has 15 heavy (non-hydrogen) atoms. The van der Waals surface area contributed by atoms with Crippen molar-refractivity contribution in [2.75, 3.05) is 6.54 Å². The zero-order chi connectivity index (χ0) is 10.7. The van der Waals surface area contributed by atoms with Gasteiger partial charge in [0.2, 0.25) is 0 Å². The van der Waals surface area contributed by atoms with Gasteiger partial charge >= 0.3 is 0 Å². The minimum absolute atomic E-state index is 0.126. The van der Waals surface area contributed by atoms with Crippen molar-refractivity contribution in [3.05, 3.63) is 48.9 Å². The van der Waals surface area contributed by atoms with E-state index in [1.807, 2.05) is 12.1 Å². The molecule has 0 aliphatic heterocycles. The standard InChI is InChI=1S/C11H11N3O/c1-2-6-13-11(15)9-4-3-5-10-12-7-8-14(9)10/h2-5,7-8H,1,6H2,(H,13,15). The third-order valence-electron chi connectivity index (χ3n) is 2.07. The van der Waals surface area contributed by atoms with Gasteiger partial charge in [-0.25, -0.2) is 4.98 Å². The first-order valence-electron chi connectivity index (χ1n) is 4.64. The highest BCUT2D eigenvalue weighted by molar-refractivity contribution is 5.93. The molecular weight excluding hydrogens is 190 g/mol. The number of fused-ring (bicyclic) bond motifs is 1. The first kappa shape index (κ1) is 9.45. The number of carbonyl (C=O) groups is 1. The molecule has 1 amide bonds. The van der Waals surface area contributed by atoms with Gasteiger partial charge in [-0.05, 0) is 12.1 Å². The van der Waals surface area contributed by atoms with Crippen LogP contribution in [0.25, 0.3) is 5.65 Å². The SMILES string of the molecule is C=CCNC(=O)c1cccc2nccn12. The number of pyridine rings is 1. The number of nitrogens with one attached hydrogen (secondary N) is 1. The van der Waals surface area contributed by atoms with Gasteiger partial charge in [-0.15, -0.1) is 6.58 Å². The van der Waals surface area contributed by atoms with Gasteiger partial charge in [0.25, 0.3) is 5.91 Å². The number of amides is 1. The number of hydrogen-bond donors (Lipinski definition) is 1. The predicted molar refractivity (Wildman–Crippen MR) is 57.7 cm³/mol. The molecule has 0 unspecified atom stereocenters. The van der Waals surface area contributed by atoms with Crippen LogP contribution >= 0.6 is 0 Å². The Hall–Kier alpha value is -2.10. The molecular formula is C11H11N3O. The van der Waals surface area contributed by atoms with Gasteiger partial charge in [-0.3, -0.25) is 9.20 Å². The number of nitrogens with zero attached hydrogens (tertiary/aromatic N) is 2. The van der Waals surface area contributed by atoms with Gasteiger partial charge in [-0.1, -0.05) is 12.1 Å². The van der Waals surface area contributed by atoms with E-state index in [1.165, 1.54) is 0 Å². The topological polar surface area (TPSA) is 46.4 Å². The van der Waals surface area contributed by atoms with Crippen LogP contribution in [0.2, 0.25) is 0 Å². The van der Waals surface area contributed by atoms with Crippen LogP contribution < -0.4 is 5.32 Å². The summed E-state index contributed by atoms with van der Waals surface area (Å²) in [7, 11) is 0. The van der Waals surface area contributed by atoms with E-state index >= 15 is 0 Å². The Morgan fingerprint density at radius 2 is 2.47 bits per heavy atom. The van der Waals surface area contributed by atoms with Crippen molar-refractivity contribution in [3.8, 4) is 0 Å². The van der Waals surface area contributed by atoms with Crippen molar-refractivity contribution in [1.29, 1.82) is 0 Å². The van der Waals surface area contributed by atoms with E-state index < -0.39 is 0 Å². The van der Waals surface area contributed by atoms with Gasteiger partial charge in [0.1, 0.15) is 11.3 Å². The maximum atomic E-state index is 11.7. The molecule has 2 aromatic rings. The molecule has 4 nitrogen and oxygen atoms in total. The number of imidazole rings is 1. The average molecular weight is 201 g/mol. The molecule has 2 rings (SSSR count). The fraction of sp³-hybridized carbons (Fsp3) is 0.0909. The molecule has 0 aliphatic rings. The molecule has 0 aliphatic carbocycles. The van der Waals surface area contributed by atoms with Gasteiger partial charge in [0.05, 0.1) is 0 Å². The summed E-state index contributed by atoms with van der Waals surface area (Å²) >= 11 is 0. The molecule has 76 valence electrons. The first-order valence-corrected chi connectivity index (χ1v) is 4.64. The second-order valence-corrected chi connectivity index (χ2v) is 3.07. The lowest BCUT2D eigenvalue weighted by molar-refractivity contribution is 0.0952. The maximum Gasteiger partial charge on any atom is 0.268 e. The van der Waals surface area contributed by atoms with Crippen molar-refractivity contribution < 1.29 is 4.79 Å². The minimum atomic E-state index is -0.126. The summed E-state index contributed by atoms with van der Waals surface area (Å²) in [5, 5.41) is 2.72. The van der Waals surface area contributed by atoms with E-state index in [-0.39, 0.29) is 5.91 Å². The molecule has 0 aromatic carbocycles. The monoisotopic (exact) mass is 201 g/mol. The molecule has 2 heterocycles. The van der Waals surface area contributed by atoms with Gasteiger partial charge in [0, 0.05) is 18.9 Å². The van der Waals surface area contributed by atoms with Crippen LogP contribution in [0.15, 0.2) is 43.2 Å². The lowest BCUT2D eigenvalue weighted by Crippen LogP contribution is -2.25. The first-order chi connectivity index (χ1) is 7.33. The summed E-state index contributed by atoms with van der Waals surface area (Å²) in [6.07, 6.45) is 5.07. The molecule has 0 bridgehead atoms. The molecule has 0 atom stereocenters. The summed E-state index contributed by atoms with van der Waals surface area (Å²) in [6.45, 7) is 4.01. The molecule has 0 radical (unpaired) electrons. The van der Waals surface area contributed by atoms with Crippen LogP contribution in [0.3, 0.4) is 0 Å². The van der Waals surface area contributed by atoms with Crippen LogP contribution in [-0.4, -0.2) is 21.8 Å². The van der Waals surface area contributed by atoms with Crippen LogP contribution in [0.1, 0.15) is 10.5 Å². The Kier molecular flexibility index (Phi) is 2.49. The molecule has 0 saturated carbocycles. The Bertz CT molecular complexity index is 501. The zero-order valence-corrected chi connectivity index (χ0v) is 8.18. The quantitative estimate of drug-likeness (QED) is 0.760. The van der Waals surface area contributed by atoms with Crippen LogP contribution in [0.4, 0.5) is 0 Å². The van der Waals surface area contributed by atoms with Crippen molar-refractivity contribution in [1.82, 2.24) is 14.7 Å². The van der Waals surface area contributed by atoms with E-state index in [4.69, 9.17) is 0 Å². The van der Waals surface area contributed by atoms with Gasteiger partial charge < -0.3 is 5.32 Å².